The molecule has 1 aliphatic carbocycles. The van der Waals surface area contributed by atoms with E-state index in [0.717, 1.165) is 0 Å². The van der Waals surface area contributed by atoms with E-state index in [1.54, 1.807) is 0 Å². The molecule has 0 aromatic rings. The number of hydrogen-bond acceptors (Lipinski definition) is 0. The van der Waals surface area contributed by atoms with Gasteiger partial charge in [-0.3, -0.25) is 0 Å². The van der Waals surface area contributed by atoms with Gasteiger partial charge in [0.2, 0.25) is 0 Å². The normalized spacial score (nSPS) is 16.5. The van der Waals surface area contributed by atoms with E-state index in [1.807, 2.05) is 3.96 Å². The van der Waals surface area contributed by atoms with Crippen LogP contribution in [-0.2, 0) is 17.3 Å². The number of rotatable bonds is 5. The Labute approximate surface area is 82.3 Å². The van der Waals surface area contributed by atoms with Gasteiger partial charge < -0.3 is 0 Å². The zero-order valence-corrected chi connectivity index (χ0v) is 10.4. The maximum absolute atomic E-state index is 2.39. The molecule has 0 unspecified atom stereocenters. The second-order valence-electron chi connectivity index (χ2n) is 2.90. The Hall–Kier alpha value is 0.168. The summed E-state index contributed by atoms with van der Waals surface area (Å²) < 4.78 is 1.82. The predicted molar refractivity (Wildman–Crippen MR) is 52.0 cm³/mol. The van der Waals surface area contributed by atoms with E-state index >= 15 is 0 Å². The summed E-state index contributed by atoms with van der Waals surface area (Å²) in [5.41, 5.74) is 0. The van der Waals surface area contributed by atoms with E-state index in [4.69, 9.17) is 0 Å². The molecule has 0 fully saturated rings. The number of allylic oxidation sites excluding steroid dienone is 4. The molecule has 0 amide bonds. The fraction of sp³-hybridized carbons (Fsp3) is 0.636. The van der Waals surface area contributed by atoms with E-state index in [2.05, 4.69) is 32.1 Å². The summed E-state index contributed by atoms with van der Waals surface area (Å²) in [7, 11) is 0. The first-order valence-corrected chi connectivity index (χ1v) is 9.09. The van der Waals surface area contributed by atoms with Crippen LogP contribution in [0, 0.1) is 0 Å². The van der Waals surface area contributed by atoms with Crippen LogP contribution in [0.25, 0.3) is 0 Å². The average Bonchev–Trinajstić information content (AvgIpc) is 2.56. The standard InChI is InChI=1S/C5H5.2C3H7.Pt/c1-2-4-5-3-1;2*1-3-2;/h1-3H,4H2;2*1,3H2,2H3;. The monoisotopic (exact) mass is 346 g/mol. The Bertz CT molecular complexity index is 173. The van der Waals surface area contributed by atoms with E-state index in [-0.39, 0.29) is 0 Å². The molecule has 73 valence electrons. The minimum atomic E-state index is -0.669. The SMILES string of the molecule is CC[CH2][Pt]([CH2]CC)[C]1=CC=CC1. The third kappa shape index (κ3) is 2.90. The fourth-order valence-electron chi connectivity index (χ4n) is 1.24. The van der Waals surface area contributed by atoms with Crippen LogP contribution in [-0.4, -0.2) is 0 Å². The Balaban J connectivity index is 2.41. The molecule has 1 heteroatoms. The molecule has 0 atom stereocenters. The van der Waals surface area contributed by atoms with Crippen LogP contribution in [0.4, 0.5) is 0 Å². The molecular formula is C11H19Pt. The van der Waals surface area contributed by atoms with Gasteiger partial charge in [-0.05, 0) is 0 Å². The summed E-state index contributed by atoms with van der Waals surface area (Å²) in [6.07, 6.45) is 11.0. The van der Waals surface area contributed by atoms with Crippen molar-refractivity contribution in [3.05, 3.63) is 22.2 Å². The van der Waals surface area contributed by atoms with E-state index in [0.29, 0.717) is 0 Å². The van der Waals surface area contributed by atoms with Crippen LogP contribution in [0.5, 0.6) is 0 Å². The van der Waals surface area contributed by atoms with Crippen molar-refractivity contribution in [1.82, 2.24) is 0 Å². The van der Waals surface area contributed by atoms with Gasteiger partial charge in [-0.2, -0.15) is 0 Å². The van der Waals surface area contributed by atoms with Crippen LogP contribution in [0.3, 0.4) is 0 Å². The first kappa shape index (κ1) is 10.3. The van der Waals surface area contributed by atoms with Crippen molar-refractivity contribution >= 4 is 0 Å². The fourth-order valence-corrected chi connectivity index (χ4v) is 7.69. The molecule has 0 spiro atoms. The molecule has 1 rings (SSSR count). The van der Waals surface area contributed by atoms with Gasteiger partial charge in [0, 0.05) is 0 Å². The van der Waals surface area contributed by atoms with E-state index in [9.17, 15) is 0 Å². The molecule has 0 saturated heterocycles. The van der Waals surface area contributed by atoms with Crippen LogP contribution in [0.1, 0.15) is 33.1 Å². The van der Waals surface area contributed by atoms with Gasteiger partial charge in [-0.1, -0.05) is 0 Å². The molecule has 0 radical (unpaired) electrons. The third-order valence-corrected chi connectivity index (χ3v) is 9.61. The summed E-state index contributed by atoms with van der Waals surface area (Å²) in [5.74, 6) is 0. The third-order valence-electron chi connectivity index (χ3n) is 1.69. The molecule has 0 heterocycles. The van der Waals surface area contributed by atoms with Gasteiger partial charge in [-0.25, -0.2) is 0 Å². The van der Waals surface area contributed by atoms with Crippen molar-refractivity contribution in [2.75, 3.05) is 0 Å². The van der Waals surface area contributed by atoms with Gasteiger partial charge in [0.15, 0.2) is 0 Å². The first-order valence-electron chi connectivity index (χ1n) is 4.74. The van der Waals surface area contributed by atoms with Gasteiger partial charge in [-0.15, -0.1) is 0 Å². The van der Waals surface area contributed by atoms with Crippen molar-refractivity contribution in [1.29, 1.82) is 0 Å². The number of hydrogen-bond donors (Lipinski definition) is 0. The Kier molecular flexibility index (Phi) is 4.91. The van der Waals surface area contributed by atoms with E-state index in [1.165, 1.54) is 28.9 Å². The molecule has 0 aliphatic heterocycles. The summed E-state index contributed by atoms with van der Waals surface area (Å²) in [5, 5.41) is 0. The minimum absolute atomic E-state index is 0.669. The van der Waals surface area contributed by atoms with Crippen molar-refractivity contribution in [2.24, 2.45) is 0 Å². The van der Waals surface area contributed by atoms with Crippen LogP contribution in [0.2, 0.25) is 9.62 Å². The predicted octanol–water partition coefficient (Wildman–Crippen LogP) is 4.11. The van der Waals surface area contributed by atoms with Crippen molar-refractivity contribution in [3.8, 4) is 0 Å². The van der Waals surface area contributed by atoms with E-state index < -0.39 is 17.3 Å². The zero-order chi connectivity index (χ0) is 8.81. The molecule has 0 nitrogen and oxygen atoms in total. The molecule has 12 heavy (non-hydrogen) atoms. The molecule has 1 aliphatic rings. The quantitative estimate of drug-likeness (QED) is 0.703. The molecule has 0 bridgehead atoms. The molecule has 0 saturated carbocycles. The summed E-state index contributed by atoms with van der Waals surface area (Å²) in [6, 6.07) is 0. The second-order valence-corrected chi connectivity index (χ2v) is 9.38. The Morgan fingerprint density at radius 3 is 2.33 bits per heavy atom. The Morgan fingerprint density at radius 1 is 1.25 bits per heavy atom. The first-order chi connectivity index (χ1) is 5.88. The molecular weight excluding hydrogens is 327 g/mol. The Morgan fingerprint density at radius 2 is 1.92 bits per heavy atom. The van der Waals surface area contributed by atoms with Gasteiger partial charge in [0.1, 0.15) is 0 Å². The summed E-state index contributed by atoms with van der Waals surface area (Å²) in [6.45, 7) is 4.65. The molecule has 0 aromatic carbocycles. The maximum atomic E-state index is 2.39. The second kappa shape index (κ2) is 5.75. The van der Waals surface area contributed by atoms with Crippen molar-refractivity contribution in [2.45, 2.75) is 42.7 Å². The summed E-state index contributed by atoms with van der Waals surface area (Å²) >= 11 is -0.669. The van der Waals surface area contributed by atoms with Gasteiger partial charge >= 0.3 is 82.2 Å². The summed E-state index contributed by atoms with van der Waals surface area (Å²) in [4.78, 5) is 3.07. The topological polar surface area (TPSA) is 0 Å². The zero-order valence-electron chi connectivity index (χ0n) is 8.08. The molecule has 0 aromatic heterocycles. The van der Waals surface area contributed by atoms with Crippen molar-refractivity contribution in [3.63, 3.8) is 0 Å². The van der Waals surface area contributed by atoms with Crippen LogP contribution < -0.4 is 0 Å². The molecule has 0 N–H and O–H groups in total. The van der Waals surface area contributed by atoms with Gasteiger partial charge in [0.25, 0.3) is 0 Å². The van der Waals surface area contributed by atoms with Crippen molar-refractivity contribution < 1.29 is 17.3 Å². The van der Waals surface area contributed by atoms with Gasteiger partial charge in [0.05, 0.1) is 0 Å². The van der Waals surface area contributed by atoms with Crippen LogP contribution >= 0.6 is 0 Å². The average molecular weight is 346 g/mol. The van der Waals surface area contributed by atoms with Crippen LogP contribution in [0.15, 0.2) is 22.2 Å².